The van der Waals surface area contributed by atoms with E-state index in [-0.39, 0.29) is 6.04 Å². The highest BCUT2D eigenvalue weighted by molar-refractivity contribution is 5.31. The van der Waals surface area contributed by atoms with Crippen molar-refractivity contribution in [2.75, 3.05) is 13.2 Å². The molecular formula is C15H25NO2. The van der Waals surface area contributed by atoms with Crippen molar-refractivity contribution in [3.8, 4) is 11.5 Å². The van der Waals surface area contributed by atoms with E-state index < -0.39 is 0 Å². The molecule has 1 aromatic rings. The second kappa shape index (κ2) is 7.98. The zero-order chi connectivity index (χ0) is 13.4. The molecule has 3 nitrogen and oxygen atoms in total. The van der Waals surface area contributed by atoms with E-state index in [0.717, 1.165) is 30.9 Å². The Bertz CT molecular complexity index is 324. The molecule has 2 unspecified atom stereocenters. The zero-order valence-electron chi connectivity index (χ0n) is 11.7. The van der Waals surface area contributed by atoms with Crippen LogP contribution in [0.5, 0.6) is 11.5 Å². The maximum Gasteiger partial charge on any atom is 0.119 e. The first-order valence-corrected chi connectivity index (χ1v) is 6.78. The van der Waals surface area contributed by atoms with Crippen LogP contribution in [0.4, 0.5) is 0 Å². The highest BCUT2D eigenvalue weighted by atomic mass is 16.5. The Morgan fingerprint density at radius 2 is 1.61 bits per heavy atom. The molecular weight excluding hydrogens is 226 g/mol. The normalized spacial score (nSPS) is 14.0. The summed E-state index contributed by atoms with van der Waals surface area (Å²) in [5, 5.41) is 0. The van der Waals surface area contributed by atoms with Gasteiger partial charge in [0.2, 0.25) is 0 Å². The van der Waals surface area contributed by atoms with E-state index in [1.54, 1.807) is 0 Å². The fraction of sp³-hybridized carbons (Fsp3) is 0.600. The first-order chi connectivity index (χ1) is 8.67. The SMILES string of the molecule is CCCOc1ccc(OCC(N)C(C)CC)cc1. The van der Waals surface area contributed by atoms with E-state index in [1.807, 2.05) is 24.3 Å². The van der Waals surface area contributed by atoms with Crippen molar-refractivity contribution in [2.45, 2.75) is 39.7 Å². The summed E-state index contributed by atoms with van der Waals surface area (Å²) in [6.07, 6.45) is 2.09. The number of hydrogen-bond acceptors (Lipinski definition) is 3. The number of hydrogen-bond donors (Lipinski definition) is 1. The van der Waals surface area contributed by atoms with Gasteiger partial charge in [0.05, 0.1) is 6.61 Å². The lowest BCUT2D eigenvalue weighted by atomic mass is 10.0. The summed E-state index contributed by atoms with van der Waals surface area (Å²) >= 11 is 0. The Morgan fingerprint density at radius 3 is 2.11 bits per heavy atom. The van der Waals surface area contributed by atoms with Gasteiger partial charge in [0.25, 0.3) is 0 Å². The smallest absolute Gasteiger partial charge is 0.119 e. The van der Waals surface area contributed by atoms with E-state index in [1.165, 1.54) is 0 Å². The average Bonchev–Trinajstić information content (AvgIpc) is 2.42. The highest BCUT2D eigenvalue weighted by Gasteiger charge is 2.11. The predicted molar refractivity (Wildman–Crippen MR) is 75.2 cm³/mol. The van der Waals surface area contributed by atoms with Crippen LogP contribution in [0.15, 0.2) is 24.3 Å². The highest BCUT2D eigenvalue weighted by Crippen LogP contribution is 2.18. The molecule has 2 N–H and O–H groups in total. The summed E-state index contributed by atoms with van der Waals surface area (Å²) in [5.41, 5.74) is 6.02. The molecule has 0 aliphatic carbocycles. The molecule has 0 fully saturated rings. The second-order valence-corrected chi connectivity index (χ2v) is 4.68. The summed E-state index contributed by atoms with van der Waals surface area (Å²) in [7, 11) is 0. The van der Waals surface area contributed by atoms with Crippen molar-refractivity contribution in [3.63, 3.8) is 0 Å². The third-order valence-corrected chi connectivity index (χ3v) is 3.11. The lowest BCUT2D eigenvalue weighted by molar-refractivity contribution is 0.249. The maximum absolute atomic E-state index is 6.02. The Labute approximate surface area is 110 Å². The molecule has 0 aliphatic heterocycles. The molecule has 1 rings (SSSR count). The summed E-state index contributed by atoms with van der Waals surface area (Å²) in [6, 6.07) is 7.80. The Hall–Kier alpha value is -1.22. The molecule has 1 aromatic carbocycles. The van der Waals surface area contributed by atoms with Crippen LogP contribution in [-0.2, 0) is 0 Å². The fourth-order valence-electron chi connectivity index (χ4n) is 1.51. The molecule has 0 bridgehead atoms. The van der Waals surface area contributed by atoms with Gasteiger partial charge in [-0.05, 0) is 36.6 Å². The third-order valence-electron chi connectivity index (χ3n) is 3.11. The van der Waals surface area contributed by atoms with Gasteiger partial charge in [-0.1, -0.05) is 27.2 Å². The third kappa shape index (κ3) is 4.96. The van der Waals surface area contributed by atoms with E-state index in [9.17, 15) is 0 Å². The number of nitrogens with two attached hydrogens (primary N) is 1. The molecule has 2 atom stereocenters. The minimum atomic E-state index is 0.0889. The van der Waals surface area contributed by atoms with Crippen molar-refractivity contribution in [1.82, 2.24) is 0 Å². The van der Waals surface area contributed by atoms with E-state index in [0.29, 0.717) is 12.5 Å². The average molecular weight is 251 g/mol. The van der Waals surface area contributed by atoms with Crippen LogP contribution in [0.1, 0.15) is 33.6 Å². The molecule has 18 heavy (non-hydrogen) atoms. The van der Waals surface area contributed by atoms with Crippen molar-refractivity contribution in [3.05, 3.63) is 24.3 Å². The van der Waals surface area contributed by atoms with Gasteiger partial charge in [0.1, 0.15) is 18.1 Å². The summed E-state index contributed by atoms with van der Waals surface area (Å²) in [6.45, 7) is 7.69. The molecule has 0 saturated carbocycles. The first-order valence-electron chi connectivity index (χ1n) is 6.78. The number of benzene rings is 1. The minimum absolute atomic E-state index is 0.0889. The molecule has 0 amide bonds. The van der Waals surface area contributed by atoms with Gasteiger partial charge in [-0.25, -0.2) is 0 Å². The van der Waals surface area contributed by atoms with Crippen LogP contribution in [0.2, 0.25) is 0 Å². The van der Waals surface area contributed by atoms with Crippen LogP contribution in [-0.4, -0.2) is 19.3 Å². The van der Waals surface area contributed by atoms with Crippen LogP contribution < -0.4 is 15.2 Å². The Balaban J connectivity index is 2.39. The Kier molecular flexibility index (Phi) is 6.58. The van der Waals surface area contributed by atoms with E-state index in [2.05, 4.69) is 20.8 Å². The molecule has 102 valence electrons. The topological polar surface area (TPSA) is 44.5 Å². The minimum Gasteiger partial charge on any atom is -0.494 e. The second-order valence-electron chi connectivity index (χ2n) is 4.68. The fourth-order valence-corrected chi connectivity index (χ4v) is 1.51. The van der Waals surface area contributed by atoms with Gasteiger partial charge >= 0.3 is 0 Å². The van der Waals surface area contributed by atoms with Gasteiger partial charge < -0.3 is 15.2 Å². The molecule has 0 spiro atoms. The largest absolute Gasteiger partial charge is 0.494 e. The van der Waals surface area contributed by atoms with Gasteiger partial charge in [0, 0.05) is 6.04 Å². The lowest BCUT2D eigenvalue weighted by Gasteiger charge is -2.18. The summed E-state index contributed by atoms with van der Waals surface area (Å²) in [4.78, 5) is 0. The lowest BCUT2D eigenvalue weighted by Crippen LogP contribution is -2.34. The van der Waals surface area contributed by atoms with Gasteiger partial charge in [-0.2, -0.15) is 0 Å². The van der Waals surface area contributed by atoms with Gasteiger partial charge in [-0.3, -0.25) is 0 Å². The maximum atomic E-state index is 6.02. The molecule has 0 radical (unpaired) electrons. The van der Waals surface area contributed by atoms with Gasteiger partial charge in [0.15, 0.2) is 0 Å². The standard InChI is InChI=1S/C15H25NO2/c1-4-10-17-13-6-8-14(9-7-13)18-11-15(16)12(3)5-2/h6-9,12,15H,4-5,10-11,16H2,1-3H3. The first kappa shape index (κ1) is 14.8. The van der Waals surface area contributed by atoms with Crippen molar-refractivity contribution >= 4 is 0 Å². The van der Waals surface area contributed by atoms with Crippen LogP contribution in [0, 0.1) is 5.92 Å². The van der Waals surface area contributed by atoms with E-state index >= 15 is 0 Å². The van der Waals surface area contributed by atoms with Gasteiger partial charge in [-0.15, -0.1) is 0 Å². The monoisotopic (exact) mass is 251 g/mol. The molecule has 0 aliphatic rings. The molecule has 0 saturated heterocycles. The van der Waals surface area contributed by atoms with Crippen molar-refractivity contribution < 1.29 is 9.47 Å². The summed E-state index contributed by atoms with van der Waals surface area (Å²) < 4.78 is 11.2. The quantitative estimate of drug-likeness (QED) is 0.771. The number of ether oxygens (including phenoxy) is 2. The van der Waals surface area contributed by atoms with Crippen molar-refractivity contribution in [2.24, 2.45) is 11.7 Å². The van der Waals surface area contributed by atoms with E-state index in [4.69, 9.17) is 15.2 Å². The van der Waals surface area contributed by atoms with Crippen LogP contribution in [0.25, 0.3) is 0 Å². The zero-order valence-corrected chi connectivity index (χ0v) is 11.7. The number of rotatable bonds is 8. The van der Waals surface area contributed by atoms with Crippen LogP contribution in [0.3, 0.4) is 0 Å². The molecule has 0 aromatic heterocycles. The van der Waals surface area contributed by atoms with Crippen molar-refractivity contribution in [1.29, 1.82) is 0 Å². The molecule has 0 heterocycles. The molecule has 3 heteroatoms. The Morgan fingerprint density at radius 1 is 1.06 bits per heavy atom. The predicted octanol–water partition coefficient (Wildman–Crippen LogP) is 3.23. The summed E-state index contributed by atoms with van der Waals surface area (Å²) in [5.74, 6) is 2.21. The van der Waals surface area contributed by atoms with Crippen LogP contribution >= 0.6 is 0 Å².